The van der Waals surface area contributed by atoms with Crippen LogP contribution in [0.1, 0.15) is 18.1 Å². The van der Waals surface area contributed by atoms with Crippen LogP contribution in [0.15, 0.2) is 24.3 Å². The van der Waals surface area contributed by atoms with Crippen LogP contribution in [0.5, 0.6) is 0 Å². The molecule has 62 valence electrons. The highest BCUT2D eigenvalue weighted by atomic mass is 14.6. The zero-order valence-corrected chi connectivity index (χ0v) is 7.25. The van der Waals surface area contributed by atoms with Gasteiger partial charge < -0.3 is 5.73 Å². The van der Waals surface area contributed by atoms with Crippen molar-refractivity contribution in [3.63, 3.8) is 0 Å². The van der Waals surface area contributed by atoms with Crippen LogP contribution in [0.25, 0.3) is 0 Å². The van der Waals surface area contributed by atoms with Crippen molar-refractivity contribution in [3.8, 4) is 12.3 Å². The van der Waals surface area contributed by atoms with Crippen LogP contribution in [0.3, 0.4) is 0 Å². The average Bonchev–Trinajstić information content (AvgIpc) is 2.04. The summed E-state index contributed by atoms with van der Waals surface area (Å²) in [6.45, 7) is 1.98. The van der Waals surface area contributed by atoms with Crippen LogP contribution in [0, 0.1) is 12.3 Å². The number of terminal acetylenes is 1. The van der Waals surface area contributed by atoms with E-state index in [1.165, 1.54) is 0 Å². The number of benzene rings is 1. The second-order valence-corrected chi connectivity index (χ2v) is 2.98. The van der Waals surface area contributed by atoms with Crippen LogP contribution in [0.4, 0.5) is 0 Å². The summed E-state index contributed by atoms with van der Waals surface area (Å²) in [5.41, 5.74) is 7.79. The predicted octanol–water partition coefficient (Wildman–Crippen LogP) is 1.56. The lowest BCUT2D eigenvalue weighted by Gasteiger charge is -2.06. The van der Waals surface area contributed by atoms with Gasteiger partial charge in [-0.15, -0.1) is 6.42 Å². The van der Waals surface area contributed by atoms with Gasteiger partial charge in [0.15, 0.2) is 0 Å². The zero-order valence-electron chi connectivity index (χ0n) is 7.25. The third-order valence-corrected chi connectivity index (χ3v) is 1.71. The Balaban J connectivity index is 2.91. The summed E-state index contributed by atoms with van der Waals surface area (Å²) in [7, 11) is 0. The predicted molar refractivity (Wildman–Crippen MR) is 51.7 cm³/mol. The summed E-state index contributed by atoms with van der Waals surface area (Å²) in [6, 6.07) is 8.06. The molecule has 1 atom stereocenters. The number of hydrogen-bond acceptors (Lipinski definition) is 1. The van der Waals surface area contributed by atoms with Gasteiger partial charge in [0, 0.05) is 11.6 Å². The summed E-state index contributed by atoms with van der Waals surface area (Å²) >= 11 is 0. The van der Waals surface area contributed by atoms with Gasteiger partial charge in [-0.25, -0.2) is 0 Å². The van der Waals surface area contributed by atoms with Crippen molar-refractivity contribution >= 4 is 0 Å². The van der Waals surface area contributed by atoms with Gasteiger partial charge in [0.05, 0.1) is 0 Å². The molecule has 0 saturated heterocycles. The Morgan fingerprint density at radius 2 is 2.17 bits per heavy atom. The minimum atomic E-state index is 0.166. The monoisotopic (exact) mass is 159 g/mol. The Bertz CT molecular complexity index is 294. The Morgan fingerprint density at radius 1 is 1.50 bits per heavy atom. The topological polar surface area (TPSA) is 26.0 Å². The molecule has 0 aliphatic rings. The van der Waals surface area contributed by atoms with Crippen molar-refractivity contribution in [2.45, 2.75) is 19.4 Å². The number of hydrogen-bond donors (Lipinski definition) is 1. The summed E-state index contributed by atoms with van der Waals surface area (Å²) in [5, 5.41) is 0. The maximum Gasteiger partial charge on any atom is 0.0275 e. The smallest absolute Gasteiger partial charge is 0.0275 e. The molecule has 0 aliphatic heterocycles. The molecule has 0 spiro atoms. The SMILES string of the molecule is C#Cc1ccccc1C[C@@H](C)N. The van der Waals surface area contributed by atoms with Crippen molar-refractivity contribution in [3.05, 3.63) is 35.4 Å². The van der Waals surface area contributed by atoms with E-state index in [0.29, 0.717) is 0 Å². The second-order valence-electron chi connectivity index (χ2n) is 2.98. The van der Waals surface area contributed by atoms with Gasteiger partial charge in [0.25, 0.3) is 0 Å². The molecule has 0 saturated carbocycles. The normalized spacial score (nSPS) is 12.1. The number of nitrogens with two attached hydrogens (primary N) is 1. The van der Waals surface area contributed by atoms with Crippen LogP contribution in [0.2, 0.25) is 0 Å². The summed E-state index contributed by atoms with van der Waals surface area (Å²) < 4.78 is 0. The van der Waals surface area contributed by atoms with Crippen LogP contribution < -0.4 is 5.73 Å². The molecule has 0 heterocycles. The van der Waals surface area contributed by atoms with E-state index < -0.39 is 0 Å². The quantitative estimate of drug-likeness (QED) is 0.651. The lowest BCUT2D eigenvalue weighted by atomic mass is 10.0. The third kappa shape index (κ3) is 2.11. The van der Waals surface area contributed by atoms with Crippen LogP contribution >= 0.6 is 0 Å². The molecule has 0 aromatic heterocycles. The molecule has 0 aliphatic carbocycles. The Kier molecular flexibility index (Phi) is 2.90. The molecular weight excluding hydrogens is 146 g/mol. The van der Waals surface area contributed by atoms with E-state index in [-0.39, 0.29) is 6.04 Å². The molecule has 0 fully saturated rings. The maximum absolute atomic E-state index is 5.68. The Hall–Kier alpha value is -1.26. The van der Waals surface area contributed by atoms with Gasteiger partial charge in [-0.1, -0.05) is 24.1 Å². The minimum absolute atomic E-state index is 0.166. The van der Waals surface area contributed by atoms with Crippen LogP contribution in [-0.2, 0) is 6.42 Å². The van der Waals surface area contributed by atoms with Gasteiger partial charge in [0.2, 0.25) is 0 Å². The van der Waals surface area contributed by atoms with Crippen molar-refractivity contribution < 1.29 is 0 Å². The van der Waals surface area contributed by atoms with Crippen molar-refractivity contribution in [1.29, 1.82) is 0 Å². The molecule has 1 rings (SSSR count). The second kappa shape index (κ2) is 3.94. The van der Waals surface area contributed by atoms with Gasteiger partial charge in [0.1, 0.15) is 0 Å². The van der Waals surface area contributed by atoms with Crippen molar-refractivity contribution in [2.75, 3.05) is 0 Å². The fourth-order valence-electron chi connectivity index (χ4n) is 1.19. The molecular formula is C11H13N. The average molecular weight is 159 g/mol. The molecule has 0 unspecified atom stereocenters. The lowest BCUT2D eigenvalue weighted by molar-refractivity contribution is 0.737. The summed E-state index contributed by atoms with van der Waals surface area (Å²) in [4.78, 5) is 0. The first-order valence-corrected chi connectivity index (χ1v) is 4.04. The molecule has 1 heteroatoms. The van der Waals surface area contributed by atoms with E-state index in [1.54, 1.807) is 0 Å². The van der Waals surface area contributed by atoms with Gasteiger partial charge in [-0.3, -0.25) is 0 Å². The van der Waals surface area contributed by atoms with Crippen molar-refractivity contribution in [1.82, 2.24) is 0 Å². The van der Waals surface area contributed by atoms with Gasteiger partial charge >= 0.3 is 0 Å². The number of rotatable bonds is 2. The summed E-state index contributed by atoms with van der Waals surface area (Å²) in [5.74, 6) is 2.65. The largest absolute Gasteiger partial charge is 0.328 e. The summed E-state index contributed by atoms with van der Waals surface area (Å²) in [6.07, 6.45) is 6.18. The highest BCUT2D eigenvalue weighted by molar-refractivity contribution is 5.39. The van der Waals surface area contributed by atoms with Crippen LogP contribution in [-0.4, -0.2) is 6.04 Å². The molecule has 1 nitrogen and oxygen atoms in total. The van der Waals surface area contributed by atoms with Crippen molar-refractivity contribution in [2.24, 2.45) is 5.73 Å². The fourth-order valence-corrected chi connectivity index (χ4v) is 1.19. The Morgan fingerprint density at radius 3 is 2.75 bits per heavy atom. The third-order valence-electron chi connectivity index (χ3n) is 1.71. The van der Waals surface area contributed by atoms with E-state index in [1.807, 2.05) is 31.2 Å². The molecule has 0 radical (unpaired) electrons. The van der Waals surface area contributed by atoms with Gasteiger partial charge in [-0.2, -0.15) is 0 Å². The van der Waals surface area contributed by atoms with E-state index in [4.69, 9.17) is 12.2 Å². The van der Waals surface area contributed by atoms with E-state index >= 15 is 0 Å². The molecule has 0 amide bonds. The molecule has 12 heavy (non-hydrogen) atoms. The minimum Gasteiger partial charge on any atom is -0.328 e. The molecule has 2 N–H and O–H groups in total. The maximum atomic E-state index is 5.68. The zero-order chi connectivity index (χ0) is 8.97. The first-order valence-electron chi connectivity index (χ1n) is 4.04. The van der Waals surface area contributed by atoms with E-state index in [0.717, 1.165) is 17.5 Å². The Labute approximate surface area is 73.6 Å². The molecule has 1 aromatic carbocycles. The first kappa shape index (κ1) is 8.83. The molecule has 0 bridgehead atoms. The highest BCUT2D eigenvalue weighted by Crippen LogP contribution is 2.08. The fraction of sp³-hybridized carbons (Fsp3) is 0.273. The van der Waals surface area contributed by atoms with Gasteiger partial charge in [-0.05, 0) is 25.0 Å². The standard InChI is InChI=1S/C11H13N/c1-3-10-6-4-5-7-11(10)8-9(2)12/h1,4-7,9H,8,12H2,2H3/t9-/m1/s1. The van der Waals surface area contributed by atoms with E-state index in [9.17, 15) is 0 Å². The highest BCUT2D eigenvalue weighted by Gasteiger charge is 2.00. The first-order chi connectivity index (χ1) is 5.74. The van der Waals surface area contributed by atoms with E-state index in [2.05, 4.69) is 5.92 Å². The lowest BCUT2D eigenvalue weighted by Crippen LogP contribution is -2.18. The molecule has 1 aromatic rings.